The van der Waals surface area contributed by atoms with Crippen molar-refractivity contribution < 1.29 is 23.8 Å². The molecule has 1 unspecified atom stereocenters. The molecular formula is C28H33N3O5. The van der Waals surface area contributed by atoms with Gasteiger partial charge in [0.2, 0.25) is 0 Å². The Morgan fingerprint density at radius 1 is 1.06 bits per heavy atom. The molecule has 8 nitrogen and oxygen atoms in total. The van der Waals surface area contributed by atoms with E-state index in [1.165, 1.54) is 0 Å². The number of ether oxygens (including phenoxy) is 3. The summed E-state index contributed by atoms with van der Waals surface area (Å²) >= 11 is 0. The number of amides is 2. The number of hydrogen-bond donors (Lipinski definition) is 1. The largest absolute Gasteiger partial charge is 0.493 e. The van der Waals surface area contributed by atoms with Crippen LogP contribution < -0.4 is 19.7 Å². The van der Waals surface area contributed by atoms with Crippen LogP contribution in [0.25, 0.3) is 11.1 Å². The number of hydrogen-bond acceptors (Lipinski definition) is 6. The van der Waals surface area contributed by atoms with Crippen LogP contribution in [0.4, 0.5) is 10.5 Å². The molecule has 0 aliphatic carbocycles. The Morgan fingerprint density at radius 2 is 1.81 bits per heavy atom. The maximum Gasteiger partial charge on any atom is 0.407 e. The fourth-order valence-corrected chi connectivity index (χ4v) is 5.90. The normalized spacial score (nSPS) is 27.9. The summed E-state index contributed by atoms with van der Waals surface area (Å²) < 4.78 is 17.7. The van der Waals surface area contributed by atoms with Crippen molar-refractivity contribution in [2.24, 2.45) is 11.3 Å². The Bertz CT molecular complexity index is 1200. The van der Waals surface area contributed by atoms with Gasteiger partial charge in [0.15, 0.2) is 6.61 Å². The number of rotatable bonds is 3. The third-order valence-corrected chi connectivity index (χ3v) is 8.20. The first-order chi connectivity index (χ1) is 17.3. The number of fused-ring (bicyclic) bond motifs is 5. The number of piperidine rings is 3. The van der Waals surface area contributed by atoms with Crippen molar-refractivity contribution in [1.29, 1.82) is 0 Å². The molecule has 1 N–H and O–H groups in total. The smallest absolute Gasteiger partial charge is 0.407 e. The number of alkyl carbamates (subject to hydrolysis) is 1. The molecule has 8 heteroatoms. The predicted molar refractivity (Wildman–Crippen MR) is 135 cm³/mol. The molecule has 2 aromatic rings. The van der Waals surface area contributed by atoms with Gasteiger partial charge >= 0.3 is 6.09 Å². The number of nitrogens with zero attached hydrogens (tertiary/aromatic N) is 2. The Balaban J connectivity index is 1.23. The highest BCUT2D eigenvalue weighted by Crippen LogP contribution is 2.45. The highest BCUT2D eigenvalue weighted by Gasteiger charge is 2.41. The molecule has 2 bridgehead atoms. The highest BCUT2D eigenvalue weighted by atomic mass is 16.6. The van der Waals surface area contributed by atoms with Gasteiger partial charge in [-0.15, -0.1) is 0 Å². The van der Waals surface area contributed by atoms with Crippen molar-refractivity contribution in [2.45, 2.75) is 38.8 Å². The van der Waals surface area contributed by atoms with Gasteiger partial charge in [-0.2, -0.15) is 0 Å². The molecule has 0 saturated carbocycles. The third kappa shape index (κ3) is 4.07. The molecule has 0 radical (unpaired) electrons. The zero-order chi connectivity index (χ0) is 25.0. The average Bonchev–Trinajstić information content (AvgIpc) is 2.88. The second kappa shape index (κ2) is 8.69. The lowest BCUT2D eigenvalue weighted by atomic mass is 9.78. The number of likely N-dealkylation sites (N-methyl/N-ethyl adjacent to an activating group) is 1. The molecule has 3 fully saturated rings. The van der Waals surface area contributed by atoms with E-state index in [-0.39, 0.29) is 36.2 Å². The van der Waals surface area contributed by atoms with Crippen molar-refractivity contribution in [1.82, 2.24) is 10.2 Å². The van der Waals surface area contributed by atoms with Crippen LogP contribution in [0.2, 0.25) is 0 Å². The van der Waals surface area contributed by atoms with E-state index in [0.717, 1.165) is 60.6 Å². The summed E-state index contributed by atoms with van der Waals surface area (Å²) in [7, 11) is 1.76. The lowest BCUT2D eigenvalue weighted by Crippen LogP contribution is -2.53. The van der Waals surface area contributed by atoms with Crippen molar-refractivity contribution in [3.8, 4) is 22.6 Å². The molecule has 2 atom stereocenters. The van der Waals surface area contributed by atoms with E-state index in [0.29, 0.717) is 18.3 Å². The number of carbonyl (C=O) groups is 2. The van der Waals surface area contributed by atoms with Crippen LogP contribution >= 0.6 is 0 Å². The van der Waals surface area contributed by atoms with Crippen molar-refractivity contribution in [3.05, 3.63) is 42.0 Å². The molecule has 36 heavy (non-hydrogen) atoms. The molecule has 5 aliphatic heterocycles. The molecule has 5 aliphatic rings. The minimum Gasteiger partial charge on any atom is -0.493 e. The van der Waals surface area contributed by atoms with Gasteiger partial charge < -0.3 is 24.4 Å². The van der Waals surface area contributed by atoms with Gasteiger partial charge in [0.1, 0.15) is 17.6 Å². The van der Waals surface area contributed by atoms with E-state index in [1.54, 1.807) is 11.9 Å². The number of benzene rings is 2. The average molecular weight is 492 g/mol. The second-order valence-electron chi connectivity index (χ2n) is 11.1. The minimum absolute atomic E-state index is 0.0321. The van der Waals surface area contributed by atoms with Gasteiger partial charge in [0.05, 0.1) is 18.3 Å². The van der Waals surface area contributed by atoms with Crippen molar-refractivity contribution in [2.75, 3.05) is 44.8 Å². The summed E-state index contributed by atoms with van der Waals surface area (Å²) in [5, 5.41) is 3.16. The van der Waals surface area contributed by atoms with E-state index >= 15 is 0 Å². The van der Waals surface area contributed by atoms with Gasteiger partial charge in [0, 0.05) is 24.6 Å². The highest BCUT2D eigenvalue weighted by molar-refractivity contribution is 5.98. The molecule has 0 aromatic heterocycles. The molecule has 0 spiro atoms. The number of carbonyl (C=O) groups excluding carboxylic acids is 2. The molecule has 2 aromatic carbocycles. The van der Waals surface area contributed by atoms with Gasteiger partial charge in [-0.1, -0.05) is 32.0 Å². The van der Waals surface area contributed by atoms with Crippen LogP contribution in [-0.2, 0) is 9.53 Å². The van der Waals surface area contributed by atoms with Gasteiger partial charge in [-0.05, 0) is 61.2 Å². The quantitative estimate of drug-likeness (QED) is 0.700. The van der Waals surface area contributed by atoms with Gasteiger partial charge in [0.25, 0.3) is 5.91 Å². The van der Waals surface area contributed by atoms with Crippen LogP contribution in [0, 0.1) is 11.3 Å². The summed E-state index contributed by atoms with van der Waals surface area (Å²) in [6.07, 6.45) is 1.82. The fourth-order valence-electron chi connectivity index (χ4n) is 5.90. The first-order valence-electron chi connectivity index (χ1n) is 12.8. The first kappa shape index (κ1) is 23.2. The van der Waals surface area contributed by atoms with Crippen LogP contribution in [0.3, 0.4) is 0 Å². The van der Waals surface area contributed by atoms with Gasteiger partial charge in [-0.25, -0.2) is 4.79 Å². The molecule has 190 valence electrons. The summed E-state index contributed by atoms with van der Waals surface area (Å²) in [6.45, 7) is 7.78. The SMILES string of the molecule is CN1C(=O)COc2ccc(-c3ccc4c(c3)OCC(C)(C)C4NC(=O)O[C@H]3CN4CCC3CC4)cc21. The maximum atomic E-state index is 13.0. The number of nitrogens with one attached hydrogen (secondary N) is 1. The topological polar surface area (TPSA) is 80.3 Å². The van der Waals surface area contributed by atoms with E-state index in [4.69, 9.17) is 14.2 Å². The third-order valence-electron chi connectivity index (χ3n) is 8.20. The molecule has 2 amide bonds. The summed E-state index contributed by atoms with van der Waals surface area (Å²) in [4.78, 5) is 29.1. The Labute approximate surface area is 211 Å². The fraction of sp³-hybridized carbons (Fsp3) is 0.500. The lowest BCUT2D eigenvalue weighted by Gasteiger charge is -2.44. The maximum absolute atomic E-state index is 13.0. The second-order valence-corrected chi connectivity index (χ2v) is 11.1. The standard InChI is InChI=1S/C28H33N3O5/c1-28(2)16-35-23-13-19(18-5-7-22-21(12-18)30(3)25(32)15-34-22)4-6-20(23)26(28)29-27(33)36-24-14-31-10-8-17(24)9-11-31/h4-7,12-13,17,24,26H,8-11,14-16H2,1-3H3,(H,29,33)/t24-,26?/m0/s1. The van der Waals surface area contributed by atoms with E-state index in [2.05, 4.69) is 24.1 Å². The summed E-state index contributed by atoms with van der Waals surface area (Å²) in [5.74, 6) is 1.84. The zero-order valence-electron chi connectivity index (χ0n) is 21.1. The molecule has 7 rings (SSSR count). The van der Waals surface area contributed by atoms with Crippen LogP contribution in [0.1, 0.15) is 38.3 Å². The summed E-state index contributed by atoms with van der Waals surface area (Å²) in [5.41, 5.74) is 3.32. The number of anilines is 1. The Hall–Kier alpha value is -3.26. The first-order valence-corrected chi connectivity index (χ1v) is 12.8. The molecule has 5 heterocycles. The Kier molecular flexibility index (Phi) is 5.59. The predicted octanol–water partition coefficient (Wildman–Crippen LogP) is 3.99. The van der Waals surface area contributed by atoms with Crippen LogP contribution in [0.5, 0.6) is 11.5 Å². The molecular weight excluding hydrogens is 458 g/mol. The summed E-state index contributed by atoms with van der Waals surface area (Å²) in [6, 6.07) is 11.7. The van der Waals surface area contributed by atoms with Crippen molar-refractivity contribution in [3.63, 3.8) is 0 Å². The van der Waals surface area contributed by atoms with E-state index < -0.39 is 0 Å². The van der Waals surface area contributed by atoms with Crippen LogP contribution in [0.15, 0.2) is 36.4 Å². The van der Waals surface area contributed by atoms with E-state index in [1.807, 2.05) is 36.4 Å². The lowest BCUT2D eigenvalue weighted by molar-refractivity contribution is -0.120. The van der Waals surface area contributed by atoms with Gasteiger partial charge in [-0.3, -0.25) is 9.69 Å². The Morgan fingerprint density at radius 3 is 2.56 bits per heavy atom. The van der Waals surface area contributed by atoms with Crippen LogP contribution in [-0.4, -0.2) is 62.9 Å². The minimum atomic E-state index is -0.355. The monoisotopic (exact) mass is 491 g/mol. The zero-order valence-corrected chi connectivity index (χ0v) is 21.1. The molecule has 3 saturated heterocycles. The van der Waals surface area contributed by atoms with E-state index in [9.17, 15) is 9.59 Å². The van der Waals surface area contributed by atoms with Crippen molar-refractivity contribution >= 4 is 17.7 Å².